The summed E-state index contributed by atoms with van der Waals surface area (Å²) in [6, 6.07) is 8.69. The molecule has 2 rings (SSSR count). The largest absolute Gasteiger partial charge is 0.356 e. The Morgan fingerprint density at radius 1 is 1.25 bits per heavy atom. The van der Waals surface area contributed by atoms with Gasteiger partial charge in [0.15, 0.2) is 0 Å². The highest BCUT2D eigenvalue weighted by molar-refractivity contribution is 7.98. The van der Waals surface area contributed by atoms with Crippen molar-refractivity contribution in [3.8, 4) is 0 Å². The third kappa shape index (κ3) is 6.48. The minimum atomic E-state index is 0.0676. The molecule has 0 aliphatic carbocycles. The lowest BCUT2D eigenvalue weighted by Gasteiger charge is -2.32. The Morgan fingerprint density at radius 3 is 2.54 bits per heavy atom. The van der Waals surface area contributed by atoms with Crippen LogP contribution in [0.2, 0.25) is 0 Å². The zero-order chi connectivity index (χ0) is 17.6. The van der Waals surface area contributed by atoms with E-state index in [9.17, 15) is 4.79 Å². The molecule has 1 aromatic carbocycles. The maximum atomic E-state index is 12.0. The Hall–Kier alpha value is -1.00. The summed E-state index contributed by atoms with van der Waals surface area (Å²) in [7, 11) is 0. The van der Waals surface area contributed by atoms with Crippen molar-refractivity contribution in [2.24, 2.45) is 11.3 Å². The number of likely N-dealkylation sites (tertiary alicyclic amines) is 1. The molecule has 0 radical (unpaired) electrons. The van der Waals surface area contributed by atoms with Crippen LogP contribution in [0.1, 0.15) is 45.6 Å². The van der Waals surface area contributed by atoms with Gasteiger partial charge in [-0.15, -0.1) is 11.8 Å². The van der Waals surface area contributed by atoms with Crippen molar-refractivity contribution >= 4 is 17.7 Å². The predicted molar refractivity (Wildman–Crippen MR) is 103 cm³/mol. The van der Waals surface area contributed by atoms with E-state index in [-0.39, 0.29) is 11.3 Å². The molecule has 1 aliphatic rings. The van der Waals surface area contributed by atoms with Crippen LogP contribution >= 0.6 is 11.8 Å². The van der Waals surface area contributed by atoms with E-state index in [0.717, 1.165) is 26.2 Å². The quantitative estimate of drug-likeness (QED) is 0.783. The van der Waals surface area contributed by atoms with Crippen LogP contribution < -0.4 is 5.32 Å². The molecule has 1 aliphatic heterocycles. The highest BCUT2D eigenvalue weighted by Gasteiger charge is 2.21. The third-order valence-corrected chi connectivity index (χ3v) is 5.41. The van der Waals surface area contributed by atoms with Gasteiger partial charge in [-0.25, -0.2) is 0 Å². The first-order chi connectivity index (χ1) is 11.4. The first-order valence-electron chi connectivity index (χ1n) is 8.98. The van der Waals surface area contributed by atoms with Gasteiger partial charge >= 0.3 is 0 Å². The molecule has 1 saturated heterocycles. The van der Waals surface area contributed by atoms with Gasteiger partial charge < -0.3 is 5.32 Å². The van der Waals surface area contributed by atoms with Gasteiger partial charge in [0.1, 0.15) is 0 Å². The van der Waals surface area contributed by atoms with E-state index in [0.29, 0.717) is 12.3 Å². The van der Waals surface area contributed by atoms with Crippen LogP contribution in [0.25, 0.3) is 0 Å². The zero-order valence-electron chi connectivity index (χ0n) is 15.6. The van der Waals surface area contributed by atoms with Crippen molar-refractivity contribution in [2.45, 2.75) is 51.5 Å². The van der Waals surface area contributed by atoms with Crippen molar-refractivity contribution in [3.63, 3.8) is 0 Å². The van der Waals surface area contributed by atoms with Crippen molar-refractivity contribution in [1.29, 1.82) is 0 Å². The van der Waals surface area contributed by atoms with Crippen molar-refractivity contribution < 1.29 is 4.79 Å². The normalized spacial score (nSPS) is 17.0. The van der Waals surface area contributed by atoms with Gasteiger partial charge in [0.2, 0.25) is 5.91 Å². The standard InChI is InChI=1S/C20H32N2OS/c1-20(2,3)13-19(23)21-14-16-9-11-22(12-10-16)15-17-7-5-6-8-18(17)24-4/h5-8,16H,9-15H2,1-4H3,(H,21,23). The SMILES string of the molecule is CSc1ccccc1CN1CCC(CNC(=O)CC(C)(C)C)CC1. The van der Waals surface area contributed by atoms with Gasteiger partial charge in [-0.05, 0) is 55.1 Å². The van der Waals surface area contributed by atoms with Gasteiger partial charge in [0, 0.05) is 24.4 Å². The van der Waals surface area contributed by atoms with E-state index in [1.165, 1.54) is 23.3 Å². The number of benzene rings is 1. The summed E-state index contributed by atoms with van der Waals surface area (Å²) in [6.45, 7) is 10.5. The predicted octanol–water partition coefficient (Wildman–Crippen LogP) is 4.17. The molecule has 4 heteroatoms. The summed E-state index contributed by atoms with van der Waals surface area (Å²) in [6.07, 6.45) is 5.11. The molecule has 1 N–H and O–H groups in total. The second-order valence-electron chi connectivity index (χ2n) is 8.07. The maximum Gasteiger partial charge on any atom is 0.220 e. The lowest BCUT2D eigenvalue weighted by molar-refractivity contribution is -0.123. The fourth-order valence-electron chi connectivity index (χ4n) is 3.23. The third-order valence-electron chi connectivity index (χ3n) is 4.57. The Balaban J connectivity index is 1.72. The first kappa shape index (κ1) is 19.3. The average Bonchev–Trinajstić information content (AvgIpc) is 2.53. The van der Waals surface area contributed by atoms with Crippen LogP contribution in [0.3, 0.4) is 0 Å². The smallest absolute Gasteiger partial charge is 0.220 e. The summed E-state index contributed by atoms with van der Waals surface area (Å²) in [5, 5.41) is 3.13. The molecule has 0 spiro atoms. The second-order valence-corrected chi connectivity index (χ2v) is 8.92. The van der Waals surface area contributed by atoms with Crippen molar-refractivity contribution in [1.82, 2.24) is 10.2 Å². The van der Waals surface area contributed by atoms with Gasteiger partial charge in [-0.1, -0.05) is 39.0 Å². The van der Waals surface area contributed by atoms with Crippen LogP contribution in [-0.2, 0) is 11.3 Å². The number of piperidine rings is 1. The Morgan fingerprint density at radius 2 is 1.92 bits per heavy atom. The molecule has 134 valence electrons. The molecular weight excluding hydrogens is 316 g/mol. The lowest BCUT2D eigenvalue weighted by Crippen LogP contribution is -2.39. The Bertz CT molecular complexity index is 531. The number of carbonyl (C=O) groups is 1. The summed E-state index contributed by atoms with van der Waals surface area (Å²) in [5.41, 5.74) is 1.50. The molecule has 1 amide bonds. The number of nitrogens with one attached hydrogen (secondary N) is 1. The molecule has 1 heterocycles. The Kier molecular flexibility index (Phi) is 7.17. The molecule has 0 saturated carbocycles. The fourth-order valence-corrected chi connectivity index (χ4v) is 3.83. The average molecular weight is 349 g/mol. The van der Waals surface area contributed by atoms with Crippen LogP contribution in [-0.4, -0.2) is 36.7 Å². The van der Waals surface area contributed by atoms with Crippen molar-refractivity contribution in [2.75, 3.05) is 25.9 Å². The summed E-state index contributed by atoms with van der Waals surface area (Å²) in [5.74, 6) is 0.819. The van der Waals surface area contributed by atoms with E-state index in [2.05, 4.69) is 61.5 Å². The molecular formula is C20H32N2OS. The molecule has 24 heavy (non-hydrogen) atoms. The highest BCUT2D eigenvalue weighted by atomic mass is 32.2. The number of thioether (sulfide) groups is 1. The van der Waals surface area contributed by atoms with Crippen molar-refractivity contribution in [3.05, 3.63) is 29.8 Å². The summed E-state index contributed by atoms with van der Waals surface area (Å²) >= 11 is 1.83. The van der Waals surface area contributed by atoms with Gasteiger partial charge in [-0.2, -0.15) is 0 Å². The minimum absolute atomic E-state index is 0.0676. The Labute approximate surface area is 151 Å². The van der Waals surface area contributed by atoms with E-state index < -0.39 is 0 Å². The second kappa shape index (κ2) is 8.91. The number of carbonyl (C=O) groups excluding carboxylic acids is 1. The molecule has 0 aromatic heterocycles. The van der Waals surface area contributed by atoms with Gasteiger partial charge in [-0.3, -0.25) is 9.69 Å². The monoisotopic (exact) mass is 348 g/mol. The van der Waals surface area contributed by atoms with Crippen LogP contribution in [0.4, 0.5) is 0 Å². The van der Waals surface area contributed by atoms with Gasteiger partial charge in [0.05, 0.1) is 0 Å². The fraction of sp³-hybridized carbons (Fsp3) is 0.650. The molecule has 0 bridgehead atoms. The topological polar surface area (TPSA) is 32.3 Å². The number of nitrogens with zero attached hydrogens (tertiary/aromatic N) is 1. The highest BCUT2D eigenvalue weighted by Crippen LogP contribution is 2.24. The molecule has 3 nitrogen and oxygen atoms in total. The first-order valence-corrected chi connectivity index (χ1v) is 10.2. The number of amides is 1. The molecule has 1 fully saturated rings. The van der Waals surface area contributed by atoms with Gasteiger partial charge in [0.25, 0.3) is 0 Å². The van der Waals surface area contributed by atoms with Crippen LogP contribution in [0.5, 0.6) is 0 Å². The molecule has 0 unspecified atom stereocenters. The number of hydrogen-bond donors (Lipinski definition) is 1. The van der Waals surface area contributed by atoms with E-state index in [4.69, 9.17) is 0 Å². The maximum absolute atomic E-state index is 12.0. The van der Waals surface area contributed by atoms with Crippen LogP contribution in [0.15, 0.2) is 29.2 Å². The van der Waals surface area contributed by atoms with E-state index in [1.807, 2.05) is 11.8 Å². The number of rotatable bonds is 6. The molecule has 0 atom stereocenters. The summed E-state index contributed by atoms with van der Waals surface area (Å²) in [4.78, 5) is 15.9. The minimum Gasteiger partial charge on any atom is -0.356 e. The van der Waals surface area contributed by atoms with E-state index >= 15 is 0 Å². The van der Waals surface area contributed by atoms with E-state index in [1.54, 1.807) is 0 Å². The summed E-state index contributed by atoms with van der Waals surface area (Å²) < 4.78 is 0. The molecule has 1 aromatic rings. The van der Waals surface area contributed by atoms with Crippen LogP contribution in [0, 0.1) is 11.3 Å². The number of hydrogen-bond acceptors (Lipinski definition) is 3. The zero-order valence-corrected chi connectivity index (χ0v) is 16.4. The lowest BCUT2D eigenvalue weighted by atomic mass is 9.91.